The molecule has 0 saturated carbocycles. The Bertz CT molecular complexity index is 1800. The monoisotopic (exact) mass is 649 g/mol. The summed E-state index contributed by atoms with van der Waals surface area (Å²) in [5.74, 6) is -2.04. The van der Waals surface area contributed by atoms with Crippen LogP contribution in [-0.4, -0.2) is 31.3 Å². The van der Waals surface area contributed by atoms with Crippen molar-refractivity contribution < 1.29 is 32.0 Å². The van der Waals surface area contributed by atoms with Gasteiger partial charge in [0.05, 0.1) is 22.3 Å². The van der Waals surface area contributed by atoms with E-state index < -0.39 is 44.9 Å². The Kier molecular flexibility index (Phi) is 7.01. The summed E-state index contributed by atoms with van der Waals surface area (Å²) in [7, 11) is -4.09. The van der Waals surface area contributed by atoms with Crippen LogP contribution in [0.5, 0.6) is 5.75 Å². The third kappa shape index (κ3) is 4.91. The molecule has 0 bridgehead atoms. The first-order valence-corrected chi connectivity index (χ1v) is 14.8. The molecule has 0 N–H and O–H groups in total. The summed E-state index contributed by atoms with van der Waals surface area (Å²) in [4.78, 5) is 45.3. The Hall–Kier alpha value is -4.59. The minimum Gasteiger partial charge on any atom is -0.379 e. The molecule has 0 aliphatic carbocycles. The fourth-order valence-corrected chi connectivity index (χ4v) is 6.26. The molecule has 13 heteroatoms. The molecule has 2 amide bonds. The average molecular weight is 650 g/mol. The third-order valence-electron chi connectivity index (χ3n) is 6.95. The number of nitrogens with zero attached hydrogens (tertiary/aromatic N) is 3. The van der Waals surface area contributed by atoms with Crippen LogP contribution in [0.25, 0.3) is 0 Å². The van der Waals surface area contributed by atoms with Crippen LogP contribution in [0.3, 0.4) is 0 Å². The number of hydroxylamine groups is 1. The normalized spacial score (nSPS) is 20.1. The summed E-state index contributed by atoms with van der Waals surface area (Å²) < 4.78 is 31.4. The van der Waals surface area contributed by atoms with Crippen molar-refractivity contribution in [1.29, 1.82) is 0 Å². The molecule has 0 spiro atoms. The number of hydrogen-bond acceptors (Lipinski definition) is 9. The largest absolute Gasteiger partial charge is 0.379 e. The van der Waals surface area contributed by atoms with E-state index >= 15 is 0 Å². The van der Waals surface area contributed by atoms with Crippen molar-refractivity contribution in [2.75, 3.05) is 9.96 Å². The highest BCUT2D eigenvalue weighted by atomic mass is 79.9. The van der Waals surface area contributed by atoms with E-state index in [1.54, 1.807) is 60.7 Å². The summed E-state index contributed by atoms with van der Waals surface area (Å²) in [5, 5.41) is 12.8. The maximum Gasteiger partial charge on any atom is 0.339 e. The molecule has 2 fully saturated rings. The summed E-state index contributed by atoms with van der Waals surface area (Å²) >= 11 is 3.34. The lowest BCUT2D eigenvalue weighted by molar-refractivity contribution is -0.384. The number of carbonyl (C=O) groups is 2. The molecule has 2 aliphatic rings. The van der Waals surface area contributed by atoms with Gasteiger partial charge in [-0.3, -0.25) is 24.5 Å². The number of fused-ring (bicyclic) bond motifs is 1. The number of halogens is 1. The fourth-order valence-electron chi connectivity index (χ4n) is 5.05. The first-order chi connectivity index (χ1) is 20.1. The van der Waals surface area contributed by atoms with Gasteiger partial charge in [0.2, 0.25) is 5.91 Å². The SMILES string of the molecule is O=C1[C@@H]2[C@@H](ON(c3cccc([N+](=O)[O-])c3)[C@H]2c2ccc(OS(=O)(=O)c3ccccc3)cc2)C(=O)N1c1ccc(Br)cc1. The number of nitro groups is 1. The van der Waals surface area contributed by atoms with Crippen LogP contribution in [0, 0.1) is 16.0 Å². The molecule has 4 aromatic rings. The minimum atomic E-state index is -4.09. The number of nitro benzene ring substituents is 1. The Morgan fingerprint density at radius 2 is 1.52 bits per heavy atom. The predicted octanol–water partition coefficient (Wildman–Crippen LogP) is 5.18. The average Bonchev–Trinajstić information content (AvgIpc) is 3.50. The van der Waals surface area contributed by atoms with Crippen molar-refractivity contribution in [3.05, 3.63) is 123 Å². The van der Waals surface area contributed by atoms with Crippen LogP contribution in [0.4, 0.5) is 17.1 Å². The van der Waals surface area contributed by atoms with Gasteiger partial charge in [0, 0.05) is 16.6 Å². The number of anilines is 2. The van der Waals surface area contributed by atoms with E-state index in [1.807, 2.05) is 0 Å². The molecular formula is C29H20BrN3O8S. The van der Waals surface area contributed by atoms with Gasteiger partial charge in [-0.1, -0.05) is 52.3 Å². The van der Waals surface area contributed by atoms with Crippen molar-refractivity contribution in [2.45, 2.75) is 17.0 Å². The molecule has 0 aromatic heterocycles. The van der Waals surface area contributed by atoms with Gasteiger partial charge in [0.15, 0.2) is 6.10 Å². The maximum atomic E-state index is 13.8. The number of carbonyl (C=O) groups excluding carboxylic acids is 2. The van der Waals surface area contributed by atoms with Crippen LogP contribution in [0.1, 0.15) is 11.6 Å². The van der Waals surface area contributed by atoms with E-state index in [0.29, 0.717) is 11.3 Å². The van der Waals surface area contributed by atoms with Crippen LogP contribution in [-0.2, 0) is 24.5 Å². The fraction of sp³-hybridized carbons (Fsp3) is 0.103. The van der Waals surface area contributed by atoms with E-state index in [9.17, 15) is 28.1 Å². The Morgan fingerprint density at radius 3 is 2.19 bits per heavy atom. The van der Waals surface area contributed by atoms with Crippen molar-refractivity contribution in [3.63, 3.8) is 0 Å². The number of benzene rings is 4. The number of amides is 2. The zero-order valence-corrected chi connectivity index (χ0v) is 23.8. The van der Waals surface area contributed by atoms with E-state index in [-0.39, 0.29) is 22.0 Å². The third-order valence-corrected chi connectivity index (χ3v) is 8.74. The smallest absolute Gasteiger partial charge is 0.339 e. The molecule has 3 atom stereocenters. The molecule has 4 aromatic carbocycles. The molecule has 6 rings (SSSR count). The van der Waals surface area contributed by atoms with Crippen molar-refractivity contribution in [2.24, 2.45) is 5.92 Å². The predicted molar refractivity (Wildman–Crippen MR) is 154 cm³/mol. The number of hydrogen-bond donors (Lipinski definition) is 0. The van der Waals surface area contributed by atoms with Gasteiger partial charge in [-0.15, -0.1) is 0 Å². The molecule has 42 heavy (non-hydrogen) atoms. The van der Waals surface area contributed by atoms with Gasteiger partial charge >= 0.3 is 10.1 Å². The molecule has 0 unspecified atom stereocenters. The van der Waals surface area contributed by atoms with Gasteiger partial charge in [-0.2, -0.15) is 8.42 Å². The second kappa shape index (κ2) is 10.7. The first kappa shape index (κ1) is 27.6. The van der Waals surface area contributed by atoms with Gasteiger partial charge < -0.3 is 4.18 Å². The highest BCUT2D eigenvalue weighted by molar-refractivity contribution is 9.10. The minimum absolute atomic E-state index is 0.0129. The van der Waals surface area contributed by atoms with E-state index in [1.165, 1.54) is 47.5 Å². The van der Waals surface area contributed by atoms with Gasteiger partial charge in [0.25, 0.3) is 11.6 Å². The summed E-state index contributed by atoms with van der Waals surface area (Å²) in [6.07, 6.45) is -1.19. The van der Waals surface area contributed by atoms with Gasteiger partial charge in [0.1, 0.15) is 16.6 Å². The topological polar surface area (TPSA) is 136 Å². The van der Waals surface area contributed by atoms with Crippen molar-refractivity contribution in [3.8, 4) is 5.75 Å². The standard InChI is InChI=1S/C29H20BrN3O8S/c30-19-11-13-20(14-12-19)31-28(34)25-26(32(40-27(25)29(31)35)21-5-4-6-22(17-21)33(36)37)18-9-15-23(16-10-18)41-42(38,39)24-7-2-1-3-8-24/h1-17,25-27H/t25-,26-,27+/m0/s1. The summed E-state index contributed by atoms with van der Waals surface area (Å²) in [6, 6.07) is 25.1. The van der Waals surface area contributed by atoms with Crippen molar-refractivity contribution in [1.82, 2.24) is 0 Å². The maximum absolute atomic E-state index is 13.8. The Balaban J connectivity index is 1.37. The molecule has 212 valence electrons. The van der Waals surface area contributed by atoms with E-state index in [2.05, 4.69) is 15.9 Å². The molecular weight excluding hydrogens is 630 g/mol. The summed E-state index contributed by atoms with van der Waals surface area (Å²) in [6.45, 7) is 0. The zero-order valence-electron chi connectivity index (χ0n) is 21.4. The van der Waals surface area contributed by atoms with E-state index in [0.717, 1.165) is 9.37 Å². The van der Waals surface area contributed by atoms with Gasteiger partial charge in [-0.05, 0) is 60.2 Å². The Morgan fingerprint density at radius 1 is 0.833 bits per heavy atom. The summed E-state index contributed by atoms with van der Waals surface area (Å²) in [5.41, 5.74) is 0.946. The molecule has 2 heterocycles. The quantitative estimate of drug-likeness (QED) is 0.115. The van der Waals surface area contributed by atoms with Crippen LogP contribution in [0.15, 0.2) is 112 Å². The number of rotatable bonds is 7. The van der Waals surface area contributed by atoms with Crippen molar-refractivity contribution >= 4 is 54.9 Å². The van der Waals surface area contributed by atoms with Crippen LogP contribution >= 0.6 is 15.9 Å². The second-order valence-corrected chi connectivity index (χ2v) is 12.0. The van der Waals surface area contributed by atoms with Gasteiger partial charge in [-0.25, -0.2) is 9.96 Å². The van der Waals surface area contributed by atoms with Crippen LogP contribution in [0.2, 0.25) is 0 Å². The highest BCUT2D eigenvalue weighted by Gasteiger charge is 2.60. The number of non-ortho nitro benzene ring substituents is 1. The molecule has 11 nitrogen and oxygen atoms in total. The zero-order chi connectivity index (χ0) is 29.6. The highest BCUT2D eigenvalue weighted by Crippen LogP contribution is 2.48. The number of imide groups is 1. The second-order valence-electron chi connectivity index (χ2n) is 9.51. The molecule has 0 radical (unpaired) electrons. The van der Waals surface area contributed by atoms with E-state index in [4.69, 9.17) is 9.02 Å². The lowest BCUT2D eigenvalue weighted by Gasteiger charge is -2.28. The molecule has 2 aliphatic heterocycles. The lowest BCUT2D eigenvalue weighted by Crippen LogP contribution is -2.37. The lowest BCUT2D eigenvalue weighted by atomic mass is 9.90. The van der Waals surface area contributed by atoms with Crippen LogP contribution < -0.4 is 14.1 Å². The first-order valence-electron chi connectivity index (χ1n) is 12.6. The Labute approximate surface area is 248 Å². The molecule has 2 saturated heterocycles.